The number of piperazine rings is 1. The molecule has 1 heterocycles. The number of urea groups is 1. The third-order valence-electron chi connectivity index (χ3n) is 6.65. The molecule has 1 N–H and O–H groups in total. The fraction of sp³-hybridized carbons (Fsp3) is 0.448. The molecule has 0 aromatic heterocycles. The molecular formula is C29H37F3N4O3. The maximum atomic E-state index is 13.0. The number of nitrogens with zero attached hydrogens (tertiary/aromatic N) is 3. The number of amides is 3. The van der Waals surface area contributed by atoms with Gasteiger partial charge in [0, 0.05) is 63.5 Å². The van der Waals surface area contributed by atoms with Gasteiger partial charge in [0.1, 0.15) is 5.75 Å². The lowest BCUT2D eigenvalue weighted by Gasteiger charge is -2.35. The molecule has 212 valence electrons. The molecule has 7 nitrogen and oxygen atoms in total. The van der Waals surface area contributed by atoms with Crippen LogP contribution < -0.4 is 10.1 Å². The monoisotopic (exact) mass is 546 g/mol. The molecule has 0 aliphatic carbocycles. The van der Waals surface area contributed by atoms with Gasteiger partial charge in [-0.1, -0.05) is 49.8 Å². The highest BCUT2D eigenvalue weighted by Gasteiger charge is 2.30. The molecule has 2 aromatic carbocycles. The molecule has 0 saturated carbocycles. The molecule has 2 aromatic rings. The van der Waals surface area contributed by atoms with E-state index in [1.54, 1.807) is 12.0 Å². The molecule has 10 heteroatoms. The van der Waals surface area contributed by atoms with Crippen molar-refractivity contribution < 1.29 is 27.5 Å². The number of methoxy groups -OCH3 is 1. The van der Waals surface area contributed by atoms with E-state index in [-0.39, 0.29) is 11.6 Å². The average molecular weight is 547 g/mol. The molecule has 1 aliphatic rings. The summed E-state index contributed by atoms with van der Waals surface area (Å²) in [5, 5.41) is 2.57. The van der Waals surface area contributed by atoms with Gasteiger partial charge in [-0.2, -0.15) is 13.2 Å². The predicted octanol–water partition coefficient (Wildman–Crippen LogP) is 5.60. The lowest BCUT2D eigenvalue weighted by atomic mass is 10.2. The highest BCUT2D eigenvalue weighted by atomic mass is 19.4. The van der Waals surface area contributed by atoms with Crippen LogP contribution in [-0.4, -0.2) is 79.6 Å². The first kappa shape index (κ1) is 30.0. The van der Waals surface area contributed by atoms with Crippen molar-refractivity contribution in [2.45, 2.75) is 32.4 Å². The zero-order valence-electron chi connectivity index (χ0n) is 22.5. The molecule has 3 rings (SSSR count). The van der Waals surface area contributed by atoms with E-state index in [9.17, 15) is 22.8 Å². The van der Waals surface area contributed by atoms with Crippen molar-refractivity contribution in [1.82, 2.24) is 14.7 Å². The van der Waals surface area contributed by atoms with Crippen molar-refractivity contribution in [1.29, 1.82) is 0 Å². The molecule has 0 radical (unpaired) electrons. The molecule has 0 unspecified atom stereocenters. The Balaban J connectivity index is 1.51. The molecule has 0 bridgehead atoms. The Morgan fingerprint density at radius 3 is 2.51 bits per heavy atom. The molecule has 3 amide bonds. The van der Waals surface area contributed by atoms with E-state index in [1.165, 1.54) is 12.1 Å². The zero-order chi connectivity index (χ0) is 28.3. The van der Waals surface area contributed by atoms with Gasteiger partial charge in [0.05, 0.1) is 12.7 Å². The molecule has 0 spiro atoms. The molecule has 1 saturated heterocycles. The number of carbonyl (C=O) groups is 2. The summed E-state index contributed by atoms with van der Waals surface area (Å²) < 4.78 is 44.3. The number of nitrogens with one attached hydrogen (secondary N) is 1. The highest BCUT2D eigenvalue weighted by Crippen LogP contribution is 2.30. The summed E-state index contributed by atoms with van der Waals surface area (Å²) in [6.07, 6.45) is 1.75. The number of ether oxygens (including phenoxy) is 1. The molecule has 0 atom stereocenters. The van der Waals surface area contributed by atoms with Gasteiger partial charge in [-0.05, 0) is 30.7 Å². The maximum Gasteiger partial charge on any atom is 0.416 e. The van der Waals surface area contributed by atoms with Crippen molar-refractivity contribution in [2.24, 2.45) is 0 Å². The summed E-state index contributed by atoms with van der Waals surface area (Å²) in [7, 11) is 1.63. The first-order valence-corrected chi connectivity index (χ1v) is 13.2. The van der Waals surface area contributed by atoms with Gasteiger partial charge in [0.2, 0.25) is 5.91 Å². The minimum absolute atomic E-state index is 0.111. The van der Waals surface area contributed by atoms with Crippen LogP contribution in [0.5, 0.6) is 5.75 Å². The Morgan fingerprint density at radius 1 is 1.08 bits per heavy atom. The maximum absolute atomic E-state index is 13.0. The molecule has 1 aliphatic heterocycles. The Labute approximate surface area is 228 Å². The van der Waals surface area contributed by atoms with Crippen LogP contribution in [0.4, 0.5) is 23.7 Å². The second-order valence-corrected chi connectivity index (χ2v) is 9.43. The predicted molar refractivity (Wildman–Crippen MR) is 147 cm³/mol. The van der Waals surface area contributed by atoms with E-state index in [0.717, 1.165) is 36.3 Å². The number of anilines is 1. The Morgan fingerprint density at radius 2 is 1.82 bits per heavy atom. The number of carbonyl (C=O) groups excluding carboxylic acids is 2. The van der Waals surface area contributed by atoms with Crippen LogP contribution in [0.1, 0.15) is 37.3 Å². The standard InChI is InChI=1S/C29H37F3N4O3/c1-3-4-14-27(37)35(15-8-10-23-9-5-6-13-26(23)39-2)19-16-34-17-20-36(21-18-34)28(38)33-25-12-7-11-24(22-25)29(30,31)32/h5-13,22H,3-4,14-21H2,1-2H3,(H,33,38)/b10-8+. The zero-order valence-corrected chi connectivity index (χ0v) is 22.5. The SMILES string of the molecule is CCCCC(=O)N(C/C=C/c1ccccc1OC)CCN1CCN(C(=O)Nc2cccc(C(F)(F)F)c2)CC1. The summed E-state index contributed by atoms with van der Waals surface area (Å²) in [5.74, 6) is 0.883. The fourth-order valence-corrected chi connectivity index (χ4v) is 4.33. The lowest BCUT2D eigenvalue weighted by Crippen LogP contribution is -2.51. The highest BCUT2D eigenvalue weighted by molar-refractivity contribution is 5.89. The molecule has 39 heavy (non-hydrogen) atoms. The van der Waals surface area contributed by atoms with Crippen molar-refractivity contribution in [3.05, 3.63) is 65.7 Å². The Bertz CT molecular complexity index is 1110. The van der Waals surface area contributed by atoms with E-state index in [0.29, 0.717) is 52.2 Å². The van der Waals surface area contributed by atoms with Crippen molar-refractivity contribution in [3.63, 3.8) is 0 Å². The summed E-state index contributed by atoms with van der Waals surface area (Å²) in [4.78, 5) is 31.1. The van der Waals surface area contributed by atoms with Gasteiger partial charge >= 0.3 is 12.2 Å². The molecule has 1 fully saturated rings. The van der Waals surface area contributed by atoms with E-state index < -0.39 is 17.8 Å². The van der Waals surface area contributed by atoms with Gasteiger partial charge in [-0.25, -0.2) is 4.79 Å². The third kappa shape index (κ3) is 9.31. The lowest BCUT2D eigenvalue weighted by molar-refractivity contribution is -0.137. The van der Waals surface area contributed by atoms with Crippen LogP contribution in [0, 0.1) is 0 Å². The number of hydrogen-bond acceptors (Lipinski definition) is 4. The second kappa shape index (κ2) is 14.6. The Kier molecular flexibility index (Phi) is 11.2. The fourth-order valence-electron chi connectivity index (χ4n) is 4.33. The van der Waals surface area contributed by atoms with E-state index in [1.807, 2.05) is 41.3 Å². The summed E-state index contributed by atoms with van der Waals surface area (Å²) in [5.41, 5.74) is 0.251. The van der Waals surface area contributed by atoms with Gasteiger partial charge < -0.3 is 19.9 Å². The largest absolute Gasteiger partial charge is 0.496 e. The number of benzene rings is 2. The minimum atomic E-state index is -4.47. The van der Waals surface area contributed by atoms with Gasteiger partial charge in [0.15, 0.2) is 0 Å². The van der Waals surface area contributed by atoms with Crippen molar-refractivity contribution in [2.75, 3.05) is 58.2 Å². The summed E-state index contributed by atoms with van der Waals surface area (Å²) in [6.45, 7) is 5.90. The van der Waals surface area contributed by atoms with E-state index >= 15 is 0 Å². The van der Waals surface area contributed by atoms with Crippen LogP contribution in [0.2, 0.25) is 0 Å². The Hall–Kier alpha value is -3.53. The number of para-hydroxylation sites is 1. The van der Waals surface area contributed by atoms with E-state index in [4.69, 9.17) is 4.74 Å². The normalized spacial score (nSPS) is 14.4. The number of alkyl halides is 3. The van der Waals surface area contributed by atoms with Crippen LogP contribution in [0.3, 0.4) is 0 Å². The number of halogens is 3. The first-order chi connectivity index (χ1) is 18.7. The number of rotatable bonds is 11. The summed E-state index contributed by atoms with van der Waals surface area (Å²) in [6, 6.07) is 11.9. The number of hydrogen-bond donors (Lipinski definition) is 1. The third-order valence-corrected chi connectivity index (χ3v) is 6.65. The smallest absolute Gasteiger partial charge is 0.416 e. The minimum Gasteiger partial charge on any atom is -0.496 e. The first-order valence-electron chi connectivity index (χ1n) is 13.2. The van der Waals surface area contributed by atoms with Gasteiger partial charge in [-0.3, -0.25) is 9.69 Å². The van der Waals surface area contributed by atoms with Crippen LogP contribution in [0.15, 0.2) is 54.6 Å². The van der Waals surface area contributed by atoms with Gasteiger partial charge in [-0.15, -0.1) is 0 Å². The van der Waals surface area contributed by atoms with Crippen molar-refractivity contribution in [3.8, 4) is 5.75 Å². The van der Waals surface area contributed by atoms with Crippen molar-refractivity contribution >= 4 is 23.7 Å². The number of unbranched alkanes of at least 4 members (excludes halogenated alkanes) is 1. The average Bonchev–Trinajstić information content (AvgIpc) is 2.93. The topological polar surface area (TPSA) is 65.1 Å². The quantitative estimate of drug-likeness (QED) is 0.399. The van der Waals surface area contributed by atoms with Gasteiger partial charge in [0.25, 0.3) is 0 Å². The molecular weight excluding hydrogens is 509 g/mol. The van der Waals surface area contributed by atoms with Crippen LogP contribution in [0.25, 0.3) is 6.08 Å². The second-order valence-electron chi connectivity index (χ2n) is 9.43. The van der Waals surface area contributed by atoms with Crippen LogP contribution >= 0.6 is 0 Å². The van der Waals surface area contributed by atoms with E-state index in [2.05, 4.69) is 17.1 Å². The summed E-state index contributed by atoms with van der Waals surface area (Å²) >= 11 is 0. The van der Waals surface area contributed by atoms with Crippen LogP contribution in [-0.2, 0) is 11.0 Å².